The lowest BCUT2D eigenvalue weighted by Gasteiger charge is -2.25. The highest BCUT2D eigenvalue weighted by molar-refractivity contribution is 5.94. The van der Waals surface area contributed by atoms with Gasteiger partial charge in [0.05, 0.1) is 25.5 Å². The number of halogens is 3. The van der Waals surface area contributed by atoms with Crippen LogP contribution in [0.15, 0.2) is 48.8 Å². The number of nitrogens with one attached hydrogen (secondary N) is 1. The Bertz CT molecular complexity index is 1090. The number of ether oxygens (including phenoxy) is 2. The van der Waals surface area contributed by atoms with Crippen molar-refractivity contribution in [2.45, 2.75) is 18.5 Å². The van der Waals surface area contributed by atoms with Gasteiger partial charge in [-0.1, -0.05) is 0 Å². The first-order valence-electron chi connectivity index (χ1n) is 9.08. The minimum Gasteiger partial charge on any atom is -0.497 e. The number of hydrogen-bond donors (Lipinski definition) is 1. The zero-order chi connectivity index (χ0) is 21.5. The maximum absolute atomic E-state index is 12.9. The lowest BCUT2D eigenvalue weighted by molar-refractivity contribution is -0.137. The molecule has 0 saturated heterocycles. The summed E-state index contributed by atoms with van der Waals surface area (Å²) in [5.74, 6) is 0.993. The van der Waals surface area contributed by atoms with Crippen molar-refractivity contribution in [2.24, 2.45) is 0 Å². The molecule has 3 aromatic rings. The van der Waals surface area contributed by atoms with Gasteiger partial charge in [-0.2, -0.15) is 13.2 Å². The monoisotopic (exact) mass is 417 g/mol. The number of carbonyl (C=O) groups is 1. The average Bonchev–Trinajstić information content (AvgIpc) is 3.15. The van der Waals surface area contributed by atoms with E-state index in [9.17, 15) is 18.0 Å². The van der Waals surface area contributed by atoms with E-state index in [2.05, 4.69) is 10.3 Å². The van der Waals surface area contributed by atoms with Gasteiger partial charge < -0.3 is 14.8 Å². The molecule has 4 rings (SSSR count). The predicted molar refractivity (Wildman–Crippen MR) is 103 cm³/mol. The van der Waals surface area contributed by atoms with E-state index in [1.54, 1.807) is 29.9 Å². The Morgan fingerprint density at radius 2 is 1.83 bits per heavy atom. The van der Waals surface area contributed by atoms with Crippen LogP contribution in [-0.4, -0.2) is 29.7 Å². The summed E-state index contributed by atoms with van der Waals surface area (Å²) >= 11 is 0. The summed E-state index contributed by atoms with van der Waals surface area (Å²) in [5.41, 5.74) is 1.05. The number of anilines is 1. The molecule has 1 unspecified atom stereocenters. The van der Waals surface area contributed by atoms with E-state index in [0.29, 0.717) is 28.7 Å². The molecule has 2 heterocycles. The average molecular weight is 417 g/mol. The normalized spacial score (nSPS) is 16.0. The highest BCUT2D eigenvalue weighted by atomic mass is 19.4. The molecule has 30 heavy (non-hydrogen) atoms. The Hall–Kier alpha value is -3.49. The number of nitrogens with zero attached hydrogens (tertiary/aromatic N) is 2. The van der Waals surface area contributed by atoms with Gasteiger partial charge >= 0.3 is 6.18 Å². The third kappa shape index (κ3) is 3.47. The van der Waals surface area contributed by atoms with Crippen LogP contribution in [0, 0.1) is 0 Å². The number of hydrogen-bond acceptors (Lipinski definition) is 4. The molecule has 0 saturated carbocycles. The number of carbonyl (C=O) groups excluding carboxylic acids is 1. The van der Waals surface area contributed by atoms with Crippen molar-refractivity contribution in [3.05, 3.63) is 65.6 Å². The Morgan fingerprint density at radius 3 is 2.47 bits per heavy atom. The Morgan fingerprint density at radius 1 is 1.10 bits per heavy atom. The summed E-state index contributed by atoms with van der Waals surface area (Å²) in [6.07, 6.45) is -2.78. The molecule has 1 atom stereocenters. The van der Waals surface area contributed by atoms with Gasteiger partial charge in [0.15, 0.2) is 0 Å². The third-order valence-corrected chi connectivity index (χ3v) is 5.06. The predicted octanol–water partition coefficient (Wildman–Crippen LogP) is 4.38. The zero-order valence-electron chi connectivity index (χ0n) is 16.2. The molecular formula is C21H18F3N3O3. The second-order valence-electron chi connectivity index (χ2n) is 6.81. The van der Waals surface area contributed by atoms with Crippen molar-refractivity contribution < 1.29 is 27.4 Å². The van der Waals surface area contributed by atoms with E-state index in [4.69, 9.17) is 9.47 Å². The number of imidazole rings is 1. The quantitative estimate of drug-likeness (QED) is 0.684. The van der Waals surface area contributed by atoms with Crippen molar-refractivity contribution in [3.63, 3.8) is 0 Å². The van der Waals surface area contributed by atoms with E-state index >= 15 is 0 Å². The fraction of sp³-hybridized carbons (Fsp3) is 0.238. The molecule has 0 aliphatic carbocycles. The van der Waals surface area contributed by atoms with Crippen LogP contribution in [0.3, 0.4) is 0 Å². The summed E-state index contributed by atoms with van der Waals surface area (Å²) in [5, 5.41) is 2.78. The Labute approximate surface area is 170 Å². The van der Waals surface area contributed by atoms with Gasteiger partial charge in [-0.15, -0.1) is 0 Å². The van der Waals surface area contributed by atoms with Gasteiger partial charge in [-0.05, 0) is 42.5 Å². The molecule has 0 fully saturated rings. The van der Waals surface area contributed by atoms with Crippen molar-refractivity contribution in [3.8, 4) is 17.2 Å². The van der Waals surface area contributed by atoms with Gasteiger partial charge in [-0.3, -0.25) is 9.36 Å². The van der Waals surface area contributed by atoms with Gasteiger partial charge in [0.1, 0.15) is 23.6 Å². The fourth-order valence-electron chi connectivity index (χ4n) is 3.58. The van der Waals surface area contributed by atoms with E-state index in [1.165, 1.54) is 25.6 Å². The van der Waals surface area contributed by atoms with Crippen LogP contribution in [0.4, 0.5) is 19.0 Å². The number of fused-ring (bicyclic) bond motifs is 1. The minimum absolute atomic E-state index is 0.153. The van der Waals surface area contributed by atoms with Crippen molar-refractivity contribution in [2.75, 3.05) is 19.5 Å². The van der Waals surface area contributed by atoms with Gasteiger partial charge in [0.2, 0.25) is 5.91 Å². The summed E-state index contributed by atoms with van der Waals surface area (Å²) in [6, 6.07) is 9.98. The number of rotatable bonds is 4. The number of benzene rings is 2. The van der Waals surface area contributed by atoms with Crippen LogP contribution >= 0.6 is 0 Å². The highest BCUT2D eigenvalue weighted by Gasteiger charge is 2.34. The molecule has 1 N–H and O–H groups in total. The highest BCUT2D eigenvalue weighted by Crippen LogP contribution is 2.42. The maximum Gasteiger partial charge on any atom is 0.416 e. The maximum atomic E-state index is 12.9. The fourth-order valence-corrected chi connectivity index (χ4v) is 3.58. The van der Waals surface area contributed by atoms with Crippen molar-refractivity contribution in [1.82, 2.24) is 9.55 Å². The van der Waals surface area contributed by atoms with Crippen molar-refractivity contribution >= 4 is 11.7 Å². The SMILES string of the molecule is COc1ccc(OC)c(C2CC(=O)Nc3c2ncn3-c2ccc(C(F)(F)F)cc2)c1. The number of aromatic nitrogens is 2. The van der Waals surface area contributed by atoms with Crippen LogP contribution in [0.1, 0.15) is 29.2 Å². The molecule has 1 aromatic heterocycles. The first kappa shape index (κ1) is 19.8. The molecule has 1 amide bonds. The van der Waals surface area contributed by atoms with Gasteiger partial charge in [0, 0.05) is 23.6 Å². The van der Waals surface area contributed by atoms with E-state index in [0.717, 1.165) is 17.7 Å². The zero-order valence-corrected chi connectivity index (χ0v) is 16.2. The van der Waals surface area contributed by atoms with Crippen LogP contribution in [0.2, 0.25) is 0 Å². The van der Waals surface area contributed by atoms with E-state index in [1.807, 2.05) is 0 Å². The van der Waals surface area contributed by atoms with E-state index in [-0.39, 0.29) is 12.3 Å². The number of alkyl halides is 3. The lowest BCUT2D eigenvalue weighted by atomic mass is 9.89. The van der Waals surface area contributed by atoms with Gasteiger partial charge in [-0.25, -0.2) is 4.98 Å². The molecule has 2 aromatic carbocycles. The molecule has 1 aliphatic heterocycles. The van der Waals surface area contributed by atoms with Crippen LogP contribution < -0.4 is 14.8 Å². The van der Waals surface area contributed by atoms with E-state index < -0.39 is 17.7 Å². The summed E-state index contributed by atoms with van der Waals surface area (Å²) in [7, 11) is 3.08. The molecule has 0 radical (unpaired) electrons. The number of methoxy groups -OCH3 is 2. The van der Waals surface area contributed by atoms with Crippen LogP contribution in [0.5, 0.6) is 11.5 Å². The molecule has 156 valence electrons. The van der Waals surface area contributed by atoms with Gasteiger partial charge in [0.25, 0.3) is 0 Å². The summed E-state index contributed by atoms with van der Waals surface area (Å²) in [6.45, 7) is 0. The molecule has 1 aliphatic rings. The standard InChI is InChI=1S/C21H18F3N3O3/c1-29-14-7-8-17(30-2)15(9-14)16-10-18(28)26-20-19(16)25-11-27(20)13-5-3-12(4-6-13)21(22,23)24/h3-9,11,16H,10H2,1-2H3,(H,26,28). The Kier molecular flexibility index (Phi) is 4.89. The second kappa shape index (κ2) is 7.40. The smallest absolute Gasteiger partial charge is 0.416 e. The summed E-state index contributed by atoms with van der Waals surface area (Å²) in [4.78, 5) is 16.9. The molecule has 0 spiro atoms. The lowest BCUT2D eigenvalue weighted by Crippen LogP contribution is -2.25. The van der Waals surface area contributed by atoms with Crippen LogP contribution in [-0.2, 0) is 11.0 Å². The van der Waals surface area contributed by atoms with Crippen LogP contribution in [0.25, 0.3) is 5.69 Å². The first-order chi connectivity index (χ1) is 14.3. The minimum atomic E-state index is -4.42. The summed E-state index contributed by atoms with van der Waals surface area (Å²) < 4.78 is 50.9. The topological polar surface area (TPSA) is 65.4 Å². The molecule has 9 heteroatoms. The second-order valence-corrected chi connectivity index (χ2v) is 6.81. The molecular weight excluding hydrogens is 399 g/mol. The van der Waals surface area contributed by atoms with Crippen molar-refractivity contribution in [1.29, 1.82) is 0 Å². The Balaban J connectivity index is 1.78. The first-order valence-corrected chi connectivity index (χ1v) is 9.08. The molecule has 0 bridgehead atoms. The third-order valence-electron chi connectivity index (χ3n) is 5.06. The largest absolute Gasteiger partial charge is 0.497 e. The molecule has 6 nitrogen and oxygen atoms in total. The number of amides is 1.